The number of amides is 2. The first-order valence-electron chi connectivity index (χ1n) is 7.04. The molecule has 0 saturated heterocycles. The Labute approximate surface area is 130 Å². The number of carbonyl (C=O) groups is 2. The van der Waals surface area contributed by atoms with Crippen molar-refractivity contribution in [2.75, 3.05) is 13.1 Å². The van der Waals surface area contributed by atoms with E-state index in [1.165, 1.54) is 4.88 Å². The number of rotatable bonds is 7. The van der Waals surface area contributed by atoms with Crippen LogP contribution < -0.4 is 5.32 Å². The zero-order valence-corrected chi connectivity index (χ0v) is 13.9. The Morgan fingerprint density at radius 2 is 2.10 bits per heavy atom. The molecular formula is C15H24N2O3S. The number of hydrogen-bond donors (Lipinski definition) is 2. The number of hydrogen-bond acceptors (Lipinski definition) is 3. The number of aliphatic carboxylic acids is 1. The summed E-state index contributed by atoms with van der Waals surface area (Å²) in [6, 6.07) is 3.81. The largest absolute Gasteiger partial charge is 0.481 e. The predicted molar refractivity (Wildman–Crippen MR) is 84.8 cm³/mol. The highest BCUT2D eigenvalue weighted by Crippen LogP contribution is 2.26. The van der Waals surface area contributed by atoms with Crippen molar-refractivity contribution >= 4 is 23.3 Å². The lowest BCUT2D eigenvalue weighted by molar-refractivity contribution is -0.137. The smallest absolute Gasteiger partial charge is 0.317 e. The van der Waals surface area contributed by atoms with Crippen LogP contribution in [0.2, 0.25) is 0 Å². The molecule has 0 radical (unpaired) electrons. The van der Waals surface area contributed by atoms with Gasteiger partial charge in [-0.05, 0) is 25.3 Å². The average Bonchev–Trinajstić information content (AvgIpc) is 2.90. The molecule has 0 aliphatic carbocycles. The van der Waals surface area contributed by atoms with Crippen molar-refractivity contribution in [3.05, 3.63) is 22.4 Å². The van der Waals surface area contributed by atoms with Crippen LogP contribution in [0.5, 0.6) is 0 Å². The van der Waals surface area contributed by atoms with E-state index in [4.69, 9.17) is 5.11 Å². The van der Waals surface area contributed by atoms with Gasteiger partial charge in [-0.3, -0.25) is 4.79 Å². The van der Waals surface area contributed by atoms with Gasteiger partial charge in [0.15, 0.2) is 0 Å². The molecule has 0 bridgehead atoms. The molecule has 0 unspecified atom stereocenters. The lowest BCUT2D eigenvalue weighted by Crippen LogP contribution is -2.48. The number of carboxylic acid groups (broad SMARTS) is 1. The first kappa shape index (κ1) is 17.5. The number of carbonyl (C=O) groups excluding carboxylic acids is 1. The van der Waals surface area contributed by atoms with E-state index in [-0.39, 0.29) is 30.5 Å². The number of thiophene rings is 1. The van der Waals surface area contributed by atoms with E-state index in [0.29, 0.717) is 6.54 Å². The Hall–Kier alpha value is -1.56. The van der Waals surface area contributed by atoms with Crippen LogP contribution in [0.25, 0.3) is 0 Å². The number of nitrogens with one attached hydrogen (secondary N) is 1. The molecule has 2 amide bonds. The van der Waals surface area contributed by atoms with Gasteiger partial charge in [0, 0.05) is 29.4 Å². The van der Waals surface area contributed by atoms with Crippen LogP contribution in [0.3, 0.4) is 0 Å². The van der Waals surface area contributed by atoms with Crippen molar-refractivity contribution in [2.24, 2.45) is 0 Å². The van der Waals surface area contributed by atoms with Gasteiger partial charge >= 0.3 is 12.0 Å². The summed E-state index contributed by atoms with van der Waals surface area (Å²) in [6.07, 6.45) is -0.0417. The average molecular weight is 312 g/mol. The standard InChI is InChI=1S/C15H24N2O3S/c1-11(2)17(8-7-13(18)19)14(20)16-10-15(3,4)12-6-5-9-21-12/h5-6,9,11H,7-8,10H2,1-4H3,(H,16,20)(H,18,19). The second-order valence-electron chi connectivity index (χ2n) is 5.95. The van der Waals surface area contributed by atoms with Gasteiger partial charge in [-0.1, -0.05) is 19.9 Å². The van der Waals surface area contributed by atoms with Gasteiger partial charge in [0.2, 0.25) is 0 Å². The van der Waals surface area contributed by atoms with Crippen LogP contribution in [0.1, 0.15) is 39.0 Å². The minimum Gasteiger partial charge on any atom is -0.481 e. The zero-order chi connectivity index (χ0) is 16.0. The summed E-state index contributed by atoms with van der Waals surface area (Å²) in [5.74, 6) is -0.896. The highest BCUT2D eigenvalue weighted by atomic mass is 32.1. The number of urea groups is 1. The summed E-state index contributed by atoms with van der Waals surface area (Å²) in [6.45, 7) is 8.66. The van der Waals surface area contributed by atoms with Crippen LogP contribution in [-0.2, 0) is 10.2 Å². The van der Waals surface area contributed by atoms with E-state index in [0.717, 1.165) is 0 Å². The highest BCUT2D eigenvalue weighted by molar-refractivity contribution is 7.10. The molecule has 5 nitrogen and oxygen atoms in total. The van der Waals surface area contributed by atoms with E-state index in [2.05, 4.69) is 25.2 Å². The molecule has 21 heavy (non-hydrogen) atoms. The molecule has 1 aromatic rings. The minimum absolute atomic E-state index is 0.0331. The summed E-state index contributed by atoms with van der Waals surface area (Å²) >= 11 is 1.67. The summed E-state index contributed by atoms with van der Waals surface area (Å²) in [7, 11) is 0. The zero-order valence-electron chi connectivity index (χ0n) is 13.0. The molecule has 0 spiro atoms. The SMILES string of the molecule is CC(C)N(CCC(=O)O)C(=O)NCC(C)(C)c1cccs1. The van der Waals surface area contributed by atoms with Crippen LogP contribution in [0.4, 0.5) is 4.79 Å². The van der Waals surface area contributed by atoms with Gasteiger partial charge in [0.05, 0.1) is 6.42 Å². The predicted octanol–water partition coefficient (Wildman–Crippen LogP) is 2.92. The van der Waals surface area contributed by atoms with Crippen LogP contribution in [0, 0.1) is 0 Å². The Morgan fingerprint density at radius 3 is 2.57 bits per heavy atom. The van der Waals surface area contributed by atoms with Gasteiger partial charge in [0.25, 0.3) is 0 Å². The van der Waals surface area contributed by atoms with Crippen molar-refractivity contribution in [3.8, 4) is 0 Å². The lowest BCUT2D eigenvalue weighted by Gasteiger charge is -2.29. The summed E-state index contributed by atoms with van der Waals surface area (Å²) in [4.78, 5) is 25.7. The molecule has 0 saturated carbocycles. The van der Waals surface area contributed by atoms with Gasteiger partial charge in [-0.25, -0.2) is 4.79 Å². The highest BCUT2D eigenvalue weighted by Gasteiger charge is 2.24. The van der Waals surface area contributed by atoms with Crippen molar-refractivity contribution < 1.29 is 14.7 Å². The second kappa shape index (κ2) is 7.45. The second-order valence-corrected chi connectivity index (χ2v) is 6.90. The van der Waals surface area contributed by atoms with Crippen molar-refractivity contribution in [3.63, 3.8) is 0 Å². The monoisotopic (exact) mass is 312 g/mol. The molecule has 118 valence electrons. The molecule has 1 heterocycles. The third kappa shape index (κ3) is 5.38. The maximum Gasteiger partial charge on any atom is 0.317 e. The van der Waals surface area contributed by atoms with Gasteiger partial charge in [-0.2, -0.15) is 0 Å². The van der Waals surface area contributed by atoms with Crippen LogP contribution >= 0.6 is 11.3 Å². The maximum atomic E-state index is 12.2. The Kier molecular flexibility index (Phi) is 6.20. The lowest BCUT2D eigenvalue weighted by atomic mass is 9.91. The maximum absolute atomic E-state index is 12.2. The van der Waals surface area contributed by atoms with Gasteiger partial charge < -0.3 is 15.3 Å². The Morgan fingerprint density at radius 1 is 1.43 bits per heavy atom. The molecule has 1 rings (SSSR count). The minimum atomic E-state index is -0.896. The van der Waals surface area contributed by atoms with Crippen molar-refractivity contribution in [2.45, 2.75) is 45.6 Å². The van der Waals surface area contributed by atoms with E-state index < -0.39 is 5.97 Å². The fourth-order valence-electron chi connectivity index (χ4n) is 1.96. The first-order chi connectivity index (χ1) is 9.74. The molecule has 0 aliphatic heterocycles. The molecule has 0 aliphatic rings. The van der Waals surface area contributed by atoms with Gasteiger partial charge in [0.1, 0.15) is 0 Å². The quantitative estimate of drug-likeness (QED) is 0.813. The fraction of sp³-hybridized carbons (Fsp3) is 0.600. The fourth-order valence-corrected chi connectivity index (χ4v) is 2.81. The normalized spacial score (nSPS) is 11.5. The third-order valence-electron chi connectivity index (χ3n) is 3.32. The van der Waals surface area contributed by atoms with Gasteiger partial charge in [-0.15, -0.1) is 11.3 Å². The summed E-state index contributed by atoms with van der Waals surface area (Å²) in [5, 5.41) is 13.7. The third-order valence-corrected chi connectivity index (χ3v) is 4.56. The van der Waals surface area contributed by atoms with E-state index in [1.54, 1.807) is 16.2 Å². The summed E-state index contributed by atoms with van der Waals surface area (Å²) < 4.78 is 0. The molecule has 1 aromatic heterocycles. The van der Waals surface area contributed by atoms with Crippen LogP contribution in [-0.4, -0.2) is 41.1 Å². The number of carboxylic acids is 1. The topological polar surface area (TPSA) is 69.6 Å². The van der Waals surface area contributed by atoms with Crippen molar-refractivity contribution in [1.29, 1.82) is 0 Å². The van der Waals surface area contributed by atoms with E-state index >= 15 is 0 Å². The Bertz CT molecular complexity index is 469. The molecule has 0 atom stereocenters. The van der Waals surface area contributed by atoms with Crippen molar-refractivity contribution in [1.82, 2.24) is 10.2 Å². The first-order valence-corrected chi connectivity index (χ1v) is 7.92. The molecular weight excluding hydrogens is 288 g/mol. The van der Waals surface area contributed by atoms with E-state index in [1.807, 2.05) is 25.3 Å². The number of nitrogens with zero attached hydrogens (tertiary/aromatic N) is 1. The molecule has 2 N–H and O–H groups in total. The van der Waals surface area contributed by atoms with Crippen LogP contribution in [0.15, 0.2) is 17.5 Å². The molecule has 6 heteroatoms. The molecule has 0 fully saturated rings. The van der Waals surface area contributed by atoms with E-state index in [9.17, 15) is 9.59 Å². The summed E-state index contributed by atoms with van der Waals surface area (Å²) in [5.41, 5.74) is -0.140. The molecule has 0 aromatic carbocycles. The Balaban J connectivity index is 2.59.